The third kappa shape index (κ3) is 4.26. The highest BCUT2D eigenvalue weighted by Gasteiger charge is 2.26. The standard InChI is InChI=1S/C42H27N3O.C2H6/c1-2-11-29-26(10-1)22-25-37-39(29)33-14-4-7-18-36(33)45(37)28-23-20-27(21-24-28)42-43-35-17-6-3-13-32(35)40(44-42)34-16-9-15-31-30-12-5-8-19-38(30)46-41(31)34;1-2/h1-25,35H,(H,43,44);1-2H3. The molecule has 1 aliphatic carbocycles. The van der Waals surface area contributed by atoms with Crippen LogP contribution in [0.5, 0.6) is 0 Å². The largest absolute Gasteiger partial charge is 0.455 e. The van der Waals surface area contributed by atoms with Crippen molar-refractivity contribution in [2.24, 2.45) is 4.99 Å². The van der Waals surface area contributed by atoms with E-state index in [1.54, 1.807) is 0 Å². The van der Waals surface area contributed by atoms with Gasteiger partial charge in [-0.25, -0.2) is 4.99 Å². The van der Waals surface area contributed by atoms with Crippen LogP contribution in [0.1, 0.15) is 25.0 Å². The van der Waals surface area contributed by atoms with Crippen molar-refractivity contribution in [2.75, 3.05) is 0 Å². The van der Waals surface area contributed by atoms with Crippen molar-refractivity contribution in [3.05, 3.63) is 168 Å². The number of nitrogens with one attached hydrogen (secondary N) is 1. The van der Waals surface area contributed by atoms with E-state index in [0.29, 0.717) is 0 Å². The van der Waals surface area contributed by atoms with E-state index in [4.69, 9.17) is 9.41 Å². The molecule has 10 rings (SSSR count). The Balaban J connectivity index is 0.00000154. The van der Waals surface area contributed by atoms with E-state index in [2.05, 4.69) is 149 Å². The number of hydrogen-bond acceptors (Lipinski definition) is 3. The van der Waals surface area contributed by atoms with Crippen LogP contribution in [-0.4, -0.2) is 16.4 Å². The molecule has 230 valence electrons. The number of benzene rings is 6. The first-order chi connectivity index (χ1) is 23.8. The molecule has 3 heterocycles. The number of hydrogen-bond donors (Lipinski definition) is 1. The van der Waals surface area contributed by atoms with E-state index in [1.165, 1.54) is 32.6 Å². The molecule has 4 nitrogen and oxygen atoms in total. The predicted molar refractivity (Wildman–Crippen MR) is 202 cm³/mol. The fourth-order valence-electron chi connectivity index (χ4n) is 7.33. The molecule has 0 spiro atoms. The van der Waals surface area contributed by atoms with Crippen LogP contribution in [0.2, 0.25) is 0 Å². The summed E-state index contributed by atoms with van der Waals surface area (Å²) in [6.45, 7) is 4.00. The van der Waals surface area contributed by atoms with Gasteiger partial charge in [-0.2, -0.15) is 0 Å². The third-order valence-electron chi connectivity index (χ3n) is 9.44. The first kappa shape index (κ1) is 28.1. The summed E-state index contributed by atoms with van der Waals surface area (Å²) in [6.07, 6.45) is 8.53. The lowest BCUT2D eigenvalue weighted by molar-refractivity contribution is 0.667. The van der Waals surface area contributed by atoms with Crippen LogP contribution in [0.4, 0.5) is 0 Å². The summed E-state index contributed by atoms with van der Waals surface area (Å²) in [5, 5.41) is 11.0. The smallest absolute Gasteiger partial charge is 0.144 e. The Bertz CT molecular complexity index is 2660. The van der Waals surface area contributed by atoms with Gasteiger partial charge < -0.3 is 14.3 Å². The maximum Gasteiger partial charge on any atom is 0.144 e. The van der Waals surface area contributed by atoms with Gasteiger partial charge >= 0.3 is 0 Å². The van der Waals surface area contributed by atoms with Gasteiger partial charge in [0, 0.05) is 43.9 Å². The van der Waals surface area contributed by atoms with Gasteiger partial charge in [0.2, 0.25) is 0 Å². The number of aromatic nitrogens is 1. The van der Waals surface area contributed by atoms with E-state index in [9.17, 15) is 0 Å². The van der Waals surface area contributed by atoms with Gasteiger partial charge in [0.25, 0.3) is 0 Å². The van der Waals surface area contributed by atoms with Crippen LogP contribution >= 0.6 is 0 Å². The first-order valence-corrected chi connectivity index (χ1v) is 16.7. The highest BCUT2D eigenvalue weighted by molar-refractivity contribution is 6.21. The lowest BCUT2D eigenvalue weighted by Crippen LogP contribution is -2.39. The molecule has 1 aliphatic heterocycles. The van der Waals surface area contributed by atoms with Crippen LogP contribution in [0.3, 0.4) is 0 Å². The van der Waals surface area contributed by atoms with Gasteiger partial charge in [0.15, 0.2) is 0 Å². The molecule has 1 atom stereocenters. The highest BCUT2D eigenvalue weighted by atomic mass is 16.3. The van der Waals surface area contributed by atoms with Gasteiger partial charge in [0.05, 0.1) is 22.8 Å². The zero-order chi connectivity index (χ0) is 32.2. The van der Waals surface area contributed by atoms with Gasteiger partial charge in [0.1, 0.15) is 17.0 Å². The Morgan fingerprint density at radius 3 is 2.27 bits per heavy atom. The molecule has 48 heavy (non-hydrogen) atoms. The molecule has 2 aliphatic rings. The van der Waals surface area contributed by atoms with Gasteiger partial charge in [-0.3, -0.25) is 0 Å². The van der Waals surface area contributed by atoms with Crippen LogP contribution < -0.4 is 5.32 Å². The Morgan fingerprint density at radius 1 is 0.646 bits per heavy atom. The van der Waals surface area contributed by atoms with Gasteiger partial charge in [-0.15, -0.1) is 0 Å². The van der Waals surface area contributed by atoms with Gasteiger partial charge in [-0.1, -0.05) is 117 Å². The Hall–Kier alpha value is -6.13. The van der Waals surface area contributed by atoms with Crippen molar-refractivity contribution in [3.63, 3.8) is 0 Å². The molecular weight excluding hydrogens is 587 g/mol. The summed E-state index contributed by atoms with van der Waals surface area (Å²) in [5.41, 5.74) is 9.37. The van der Waals surface area contributed by atoms with Crippen molar-refractivity contribution in [1.29, 1.82) is 0 Å². The SMILES string of the molecule is C1=CC2=C(c3cccc4c3oc3ccccc34)N=C(c3ccc(-n4c5ccccc5c5c6ccccc6ccc54)cc3)NC2C=C1.CC. The van der Waals surface area contributed by atoms with Crippen molar-refractivity contribution in [1.82, 2.24) is 9.88 Å². The molecule has 6 aromatic carbocycles. The number of aliphatic imine (C=N–C) groups is 1. The number of nitrogens with zero attached hydrogens (tertiary/aromatic N) is 2. The van der Waals surface area contributed by atoms with Crippen LogP contribution in [0, 0.1) is 0 Å². The minimum absolute atomic E-state index is 0.0115. The van der Waals surface area contributed by atoms with Crippen molar-refractivity contribution < 1.29 is 4.42 Å². The molecule has 0 fully saturated rings. The van der Waals surface area contributed by atoms with E-state index in [-0.39, 0.29) is 6.04 Å². The molecule has 8 aromatic rings. The zero-order valence-corrected chi connectivity index (χ0v) is 26.8. The van der Waals surface area contributed by atoms with E-state index in [0.717, 1.165) is 55.9 Å². The number of amidine groups is 1. The number of allylic oxidation sites excluding steroid dienone is 2. The molecule has 0 bridgehead atoms. The summed E-state index contributed by atoms with van der Waals surface area (Å²) in [4.78, 5) is 5.29. The molecule has 0 radical (unpaired) electrons. The fraction of sp³-hybridized carbons (Fsp3) is 0.0682. The second-order valence-corrected chi connectivity index (χ2v) is 12.0. The second-order valence-electron chi connectivity index (χ2n) is 12.0. The number of furan rings is 1. The molecule has 1 unspecified atom stereocenters. The monoisotopic (exact) mass is 619 g/mol. The molecule has 1 N–H and O–H groups in total. The summed E-state index contributed by atoms with van der Waals surface area (Å²) < 4.78 is 8.82. The van der Waals surface area contributed by atoms with Crippen LogP contribution in [0.15, 0.2) is 167 Å². The highest BCUT2D eigenvalue weighted by Crippen LogP contribution is 2.39. The number of para-hydroxylation sites is 3. The average molecular weight is 620 g/mol. The molecule has 4 heteroatoms. The number of rotatable bonds is 3. The predicted octanol–water partition coefficient (Wildman–Crippen LogP) is 11.1. The molecule has 0 saturated carbocycles. The quantitative estimate of drug-likeness (QED) is 0.214. The van der Waals surface area contributed by atoms with Crippen LogP contribution in [-0.2, 0) is 0 Å². The van der Waals surface area contributed by atoms with Crippen LogP contribution in [0.25, 0.3) is 65.9 Å². The average Bonchev–Trinajstić information content (AvgIpc) is 3.72. The fourth-order valence-corrected chi connectivity index (χ4v) is 7.33. The third-order valence-corrected chi connectivity index (χ3v) is 9.44. The van der Waals surface area contributed by atoms with E-state index in [1.807, 2.05) is 26.0 Å². The summed E-state index contributed by atoms with van der Waals surface area (Å²) in [5.74, 6) is 0.844. The normalized spacial score (nSPS) is 15.5. The van der Waals surface area contributed by atoms with Crippen molar-refractivity contribution in [3.8, 4) is 5.69 Å². The lowest BCUT2D eigenvalue weighted by Gasteiger charge is -2.28. The summed E-state index contributed by atoms with van der Waals surface area (Å²) >= 11 is 0. The number of fused-ring (bicyclic) bond motifs is 9. The molecule has 0 saturated heterocycles. The second kappa shape index (κ2) is 11.3. The Labute approximate surface area is 278 Å². The molecule has 2 aromatic heterocycles. The summed E-state index contributed by atoms with van der Waals surface area (Å²) in [7, 11) is 0. The maximum absolute atomic E-state index is 6.44. The first-order valence-electron chi connectivity index (χ1n) is 16.7. The van der Waals surface area contributed by atoms with Crippen molar-refractivity contribution >= 4 is 66.0 Å². The minimum Gasteiger partial charge on any atom is -0.455 e. The Morgan fingerprint density at radius 2 is 1.40 bits per heavy atom. The Kier molecular flexibility index (Phi) is 6.61. The van der Waals surface area contributed by atoms with Crippen molar-refractivity contribution in [2.45, 2.75) is 19.9 Å². The maximum atomic E-state index is 6.44. The van der Waals surface area contributed by atoms with Gasteiger partial charge in [-0.05, 0) is 59.3 Å². The van der Waals surface area contributed by atoms with E-state index < -0.39 is 0 Å². The van der Waals surface area contributed by atoms with E-state index >= 15 is 0 Å². The summed E-state index contributed by atoms with van der Waals surface area (Å²) in [6, 6.07) is 45.2. The topological polar surface area (TPSA) is 42.5 Å². The molecular formula is C44H33N3O. The zero-order valence-electron chi connectivity index (χ0n) is 26.8. The lowest BCUT2D eigenvalue weighted by atomic mass is 9.93. The minimum atomic E-state index is 0.0115. The molecule has 0 amide bonds.